The molecule has 0 spiro atoms. The lowest BCUT2D eigenvalue weighted by atomic mass is 9.97. The fourth-order valence-corrected chi connectivity index (χ4v) is 5.72. The van der Waals surface area contributed by atoms with Crippen molar-refractivity contribution in [3.8, 4) is 11.5 Å². The molecule has 0 amide bonds. The third kappa shape index (κ3) is 6.25. The number of rotatable bonds is 3. The van der Waals surface area contributed by atoms with E-state index in [1.807, 2.05) is 0 Å². The van der Waals surface area contributed by atoms with Crippen molar-refractivity contribution in [2.75, 3.05) is 0 Å². The maximum Gasteiger partial charge on any atom is 0.316 e. The van der Waals surface area contributed by atoms with E-state index in [4.69, 9.17) is 20.1 Å². The summed E-state index contributed by atoms with van der Waals surface area (Å²) < 4.78 is 50.5. The number of ether oxygens (including phenoxy) is 1. The van der Waals surface area contributed by atoms with Gasteiger partial charge in [0.05, 0.1) is 25.8 Å². The van der Waals surface area contributed by atoms with Crippen molar-refractivity contribution in [1.29, 1.82) is 0 Å². The monoisotopic (exact) mass is 544 g/mol. The molecular weight excluding hydrogens is 524 g/mol. The van der Waals surface area contributed by atoms with Crippen LogP contribution in [0.5, 0.6) is 11.5 Å². The Morgan fingerprint density at radius 3 is 1.82 bits per heavy atom. The number of carbonyl (C=O) groups excluding carboxylic acids is 1. The summed E-state index contributed by atoms with van der Waals surface area (Å²) in [6.07, 6.45) is 0. The zero-order valence-corrected chi connectivity index (χ0v) is 21.3. The summed E-state index contributed by atoms with van der Waals surface area (Å²) in [5.74, 6) is 0.0530. The first kappa shape index (κ1) is 25.9. The molecule has 182 valence electrons. The van der Waals surface area contributed by atoms with Crippen LogP contribution in [0, 0.1) is 5.41 Å². The number of phenols is 1. The van der Waals surface area contributed by atoms with Gasteiger partial charge in [-0.2, -0.15) is 0 Å². The van der Waals surface area contributed by atoms with Crippen molar-refractivity contribution in [3.05, 3.63) is 36.4 Å². The predicted octanol–water partition coefficient (Wildman–Crippen LogP) is 2.54. The molecule has 0 aliphatic carbocycles. The molecule has 2 heterocycles. The van der Waals surface area contributed by atoms with Gasteiger partial charge >= 0.3 is 5.97 Å². The molecule has 2 aromatic carbocycles. The maximum atomic E-state index is 11.8. The van der Waals surface area contributed by atoms with Crippen LogP contribution in [0.1, 0.15) is 20.8 Å². The molecule has 0 radical (unpaired) electrons. The zero-order valence-electron chi connectivity index (χ0n) is 18.0. The van der Waals surface area contributed by atoms with Crippen molar-refractivity contribution in [2.24, 2.45) is 15.7 Å². The van der Waals surface area contributed by atoms with Crippen LogP contribution in [0.4, 0.5) is 0 Å². The summed E-state index contributed by atoms with van der Waals surface area (Å²) in [5, 5.41) is 19.1. The molecule has 0 atom stereocenters. The fourth-order valence-electron chi connectivity index (χ4n) is 2.34. The van der Waals surface area contributed by atoms with Gasteiger partial charge in [0.25, 0.3) is 20.0 Å². The summed E-state index contributed by atoms with van der Waals surface area (Å²) in [5.41, 5.74) is 0.389. The van der Waals surface area contributed by atoms with E-state index in [1.54, 1.807) is 39.0 Å². The van der Waals surface area contributed by atoms with Crippen molar-refractivity contribution in [3.63, 3.8) is 0 Å². The Balaban J connectivity index is 0.000000202. The van der Waals surface area contributed by atoms with Gasteiger partial charge in [-0.3, -0.25) is 4.79 Å². The fraction of sp³-hybridized carbons (Fsp3) is 0.211. The van der Waals surface area contributed by atoms with E-state index >= 15 is 0 Å². The van der Waals surface area contributed by atoms with Gasteiger partial charge in [0.1, 0.15) is 11.5 Å². The topological polar surface area (TPSA) is 193 Å². The van der Waals surface area contributed by atoms with Gasteiger partial charge in [0, 0.05) is 6.07 Å². The van der Waals surface area contributed by atoms with E-state index in [2.05, 4.69) is 9.97 Å². The van der Waals surface area contributed by atoms with Crippen LogP contribution in [0.25, 0.3) is 20.4 Å². The van der Waals surface area contributed by atoms with Crippen molar-refractivity contribution < 1.29 is 31.5 Å². The molecule has 4 rings (SSSR count). The molecule has 0 bridgehead atoms. The number of esters is 1. The highest BCUT2D eigenvalue weighted by atomic mass is 32.3. The second-order valence-electron chi connectivity index (χ2n) is 7.97. The Bertz CT molecular complexity index is 1600. The van der Waals surface area contributed by atoms with Crippen molar-refractivity contribution in [1.82, 2.24) is 9.97 Å². The summed E-state index contributed by atoms with van der Waals surface area (Å²) in [7, 11) is -7.58. The molecule has 34 heavy (non-hydrogen) atoms. The van der Waals surface area contributed by atoms with Crippen molar-refractivity contribution in [2.45, 2.75) is 29.5 Å². The zero-order chi connectivity index (χ0) is 25.5. The lowest BCUT2D eigenvalue weighted by molar-refractivity contribution is -0.142. The highest BCUT2D eigenvalue weighted by molar-refractivity contribution is 7.91. The Labute approximate surface area is 203 Å². The molecule has 0 aliphatic rings. The molecule has 4 aromatic rings. The maximum absolute atomic E-state index is 11.8. The van der Waals surface area contributed by atoms with E-state index in [0.29, 0.717) is 26.2 Å². The van der Waals surface area contributed by atoms with Crippen LogP contribution in [0.2, 0.25) is 0 Å². The highest BCUT2D eigenvalue weighted by Gasteiger charge is 2.24. The van der Waals surface area contributed by atoms with E-state index in [1.165, 1.54) is 18.2 Å². The summed E-state index contributed by atoms with van der Waals surface area (Å²) in [6.45, 7) is 5.25. The molecule has 15 heteroatoms. The highest BCUT2D eigenvalue weighted by Crippen LogP contribution is 2.29. The molecule has 0 fully saturated rings. The molecular formula is C19H20N4O7S4. The molecule has 5 N–H and O–H groups in total. The average Bonchev–Trinajstić information content (AvgIpc) is 3.30. The Morgan fingerprint density at radius 2 is 1.35 bits per heavy atom. The molecule has 11 nitrogen and oxygen atoms in total. The number of hydrogen-bond acceptors (Lipinski definition) is 11. The molecule has 2 aromatic heterocycles. The molecule has 0 unspecified atom stereocenters. The standard InChI is InChI=1S/C12H14N2O4S2.C7H6N2O3S2/c1-12(2,3)10(15)18-7-4-5-8-9(6-7)19-11(14-8)20(13,16)17;8-14(11,12)7-9-5-2-1-4(10)3-6(5)13-7/h4-6H,1-3H3,(H2,13,16,17);1-3,10H,(H2,8,11,12). The summed E-state index contributed by atoms with van der Waals surface area (Å²) in [4.78, 5) is 19.5. The first-order valence-corrected chi connectivity index (χ1v) is 14.0. The number of aromatic hydroxyl groups is 1. The van der Waals surface area contributed by atoms with Crippen LogP contribution in [-0.4, -0.2) is 37.9 Å². The minimum Gasteiger partial charge on any atom is -0.508 e. The number of sulfonamides is 2. The largest absolute Gasteiger partial charge is 0.508 e. The number of nitrogens with zero attached hydrogens (tertiary/aromatic N) is 2. The number of phenolic OH excluding ortho intramolecular Hbond substituents is 1. The third-order valence-corrected chi connectivity index (χ3v) is 8.68. The van der Waals surface area contributed by atoms with Gasteiger partial charge < -0.3 is 9.84 Å². The molecule has 0 saturated heterocycles. The summed E-state index contributed by atoms with van der Waals surface area (Å²) >= 11 is 1.87. The lowest BCUT2D eigenvalue weighted by Gasteiger charge is -2.16. The van der Waals surface area contributed by atoms with Crippen LogP contribution < -0.4 is 15.0 Å². The number of benzene rings is 2. The lowest BCUT2D eigenvalue weighted by Crippen LogP contribution is -2.25. The van der Waals surface area contributed by atoms with E-state index in [-0.39, 0.29) is 20.4 Å². The van der Waals surface area contributed by atoms with Gasteiger partial charge in [0.15, 0.2) is 0 Å². The van der Waals surface area contributed by atoms with Crippen LogP contribution >= 0.6 is 22.7 Å². The first-order chi connectivity index (χ1) is 15.5. The molecule has 0 aliphatic heterocycles. The summed E-state index contributed by atoms with van der Waals surface area (Å²) in [6, 6.07) is 9.15. The van der Waals surface area contributed by atoms with Crippen molar-refractivity contribution >= 4 is 69.1 Å². The number of hydrogen-bond donors (Lipinski definition) is 3. The average molecular weight is 545 g/mol. The van der Waals surface area contributed by atoms with Crippen LogP contribution in [0.15, 0.2) is 45.1 Å². The number of fused-ring (bicyclic) bond motifs is 2. The van der Waals surface area contributed by atoms with Gasteiger partial charge in [-0.25, -0.2) is 37.1 Å². The Kier molecular flexibility index (Phi) is 6.99. The number of primary sulfonamides is 2. The van der Waals surface area contributed by atoms with Gasteiger partial charge in [-0.15, -0.1) is 22.7 Å². The third-order valence-electron chi connectivity index (χ3n) is 4.00. The minimum atomic E-state index is -3.82. The number of aromatic nitrogens is 2. The molecule has 0 saturated carbocycles. The minimum absolute atomic E-state index is 0.0714. The van der Waals surface area contributed by atoms with Crippen LogP contribution in [-0.2, 0) is 24.8 Å². The number of thiazole rings is 2. The Hall–Kier alpha value is -2.69. The SMILES string of the molecule is CC(C)(C)C(=O)Oc1ccc2nc(S(N)(=O)=O)sc2c1.NS(=O)(=O)c1nc2ccc(O)cc2s1. The van der Waals surface area contributed by atoms with E-state index < -0.39 is 25.5 Å². The second-order valence-corrected chi connectivity index (χ2v) is 13.5. The number of nitrogens with two attached hydrogens (primary N) is 2. The first-order valence-electron chi connectivity index (χ1n) is 9.32. The Morgan fingerprint density at radius 1 is 0.882 bits per heavy atom. The quantitative estimate of drug-likeness (QED) is 0.257. The van der Waals surface area contributed by atoms with E-state index in [9.17, 15) is 21.6 Å². The normalized spacial score (nSPS) is 12.4. The van der Waals surface area contributed by atoms with Crippen LogP contribution in [0.3, 0.4) is 0 Å². The number of carbonyl (C=O) groups is 1. The smallest absolute Gasteiger partial charge is 0.316 e. The van der Waals surface area contributed by atoms with Gasteiger partial charge in [-0.1, -0.05) is 0 Å². The van der Waals surface area contributed by atoms with E-state index in [0.717, 1.165) is 22.7 Å². The van der Waals surface area contributed by atoms with Gasteiger partial charge in [-0.05, 0) is 51.1 Å². The van der Waals surface area contributed by atoms with Gasteiger partial charge in [0.2, 0.25) is 8.68 Å². The predicted molar refractivity (Wildman–Crippen MR) is 129 cm³/mol. The second kappa shape index (κ2) is 9.16.